The van der Waals surface area contributed by atoms with Gasteiger partial charge in [-0.15, -0.1) is 0 Å². The molecule has 5 aromatic rings. The van der Waals surface area contributed by atoms with Crippen LogP contribution in [0.3, 0.4) is 0 Å². The van der Waals surface area contributed by atoms with Crippen molar-refractivity contribution in [2.24, 2.45) is 0 Å². The van der Waals surface area contributed by atoms with Gasteiger partial charge in [0.1, 0.15) is 35.4 Å². The molecule has 0 saturated carbocycles. The van der Waals surface area contributed by atoms with Gasteiger partial charge in [-0.1, -0.05) is 129 Å². The van der Waals surface area contributed by atoms with E-state index in [4.69, 9.17) is 44.5 Å². The van der Waals surface area contributed by atoms with Crippen LogP contribution in [0.1, 0.15) is 98.3 Å². The van der Waals surface area contributed by atoms with E-state index in [-0.39, 0.29) is 62.1 Å². The van der Waals surface area contributed by atoms with Gasteiger partial charge in [0.15, 0.2) is 0 Å². The van der Waals surface area contributed by atoms with Crippen molar-refractivity contribution in [1.82, 2.24) is 15.5 Å². The van der Waals surface area contributed by atoms with Gasteiger partial charge in [0, 0.05) is 98.1 Å². The Balaban J connectivity index is 0.000000592. The minimum atomic E-state index is -1.71. The fourth-order valence-electron chi connectivity index (χ4n) is 6.74. The number of alkyl halides is 1. The number of imide groups is 1. The Hall–Kier alpha value is -6.67. The molecule has 0 bridgehead atoms. The molecule has 3 amide bonds. The van der Waals surface area contributed by atoms with Gasteiger partial charge >= 0.3 is 11.6 Å². The zero-order valence-electron chi connectivity index (χ0n) is 56.7. The Kier molecular flexibility index (Phi) is 39.4. The van der Waals surface area contributed by atoms with E-state index in [1.54, 1.807) is 60.1 Å². The monoisotopic (exact) mass is 1460 g/mol. The number of nitro benzene ring substituents is 2. The summed E-state index contributed by atoms with van der Waals surface area (Å²) in [4.78, 5) is 77.3. The van der Waals surface area contributed by atoms with Crippen LogP contribution in [0.15, 0.2) is 133 Å². The van der Waals surface area contributed by atoms with Gasteiger partial charge in [0.2, 0.25) is 22.5 Å². The lowest BCUT2D eigenvalue weighted by atomic mass is 10.1. The first-order valence-electron chi connectivity index (χ1n) is 29.8. The van der Waals surface area contributed by atoms with Crippen molar-refractivity contribution in [1.29, 1.82) is 0 Å². The number of unbranched alkanes of at least 4 members (excludes halogenated alkanes) is 1. The highest BCUT2D eigenvalue weighted by Crippen LogP contribution is 2.39. The van der Waals surface area contributed by atoms with Crippen molar-refractivity contribution in [3.8, 4) is 28.7 Å². The molecule has 1 aliphatic heterocycles. The first kappa shape index (κ1) is 85.3. The number of hydrogen-bond acceptors (Lipinski definition) is 20. The molecule has 518 valence electrons. The van der Waals surface area contributed by atoms with E-state index in [2.05, 4.69) is 142 Å². The number of hydrogen-bond donors (Lipinski definition) is 3. The Bertz CT molecular complexity index is 3120. The van der Waals surface area contributed by atoms with Gasteiger partial charge in [0.25, 0.3) is 23.2 Å². The number of halogens is 2. The fourth-order valence-corrected chi connectivity index (χ4v) is 11.7. The highest BCUT2D eigenvalue weighted by atomic mass is 79.9. The Morgan fingerprint density at radius 3 is 1.33 bits per heavy atom. The Morgan fingerprint density at radius 1 is 0.606 bits per heavy atom. The van der Waals surface area contributed by atoms with E-state index in [1.165, 1.54) is 84.7 Å². The number of ether oxygens (including phenoxy) is 5. The summed E-state index contributed by atoms with van der Waals surface area (Å²) >= 11 is 8.36. The molecule has 5 aromatic carbocycles. The molecule has 0 atom stereocenters. The molecule has 1 aliphatic rings. The number of benzene rings is 5. The van der Waals surface area contributed by atoms with E-state index in [0.717, 1.165) is 53.2 Å². The smallest absolute Gasteiger partial charge is 0.519 e. The third kappa shape index (κ3) is 34.7. The fraction of sp³-hybridized carbons (Fsp3) is 0.439. The maximum absolute atomic E-state index is 12.0. The lowest BCUT2D eigenvalue weighted by Gasteiger charge is -2.36. The standard InChI is InChI=1S/C16H27N3O3S2.C15H13NO6.C14H24O2Si.C13H21BrOSi.C7H4ClNO4.CH4O/c1-4-5-8-17-9-10-23-24-16(2,3)11-13(20)18-12-19-14(21)6-7-15(19)22;1-20-10-11-2-6-13(7-3-11)21-15(17)22-14-8-4-12(5-9-14)16(18)19;1-14(2,3)17(5,6)16-13-9-7-12(8-10-13)11-15-4;1-13(2,3)16(4,5)15-12-8-6-11(10-14)7-9-12;8-7(10)13-6-3-1-5(2-4-6)9(11)12;1-2/h6-7,17H,4-5,8-12H2,1-3H3,(H,18,20);2-9H,10H2,1H3;7-10H,11H2,1-6H3;6-9H,10H2,1-5H3;1-4H;2H,1H3. The van der Waals surface area contributed by atoms with Crippen LogP contribution in [-0.4, -0.2) is 117 Å². The minimum absolute atomic E-state index is 0.0707. The summed E-state index contributed by atoms with van der Waals surface area (Å²) in [6.45, 7) is 31.8. The first-order valence-corrected chi connectivity index (χ1v) is 39.4. The summed E-state index contributed by atoms with van der Waals surface area (Å²) in [5.74, 6) is 2.67. The van der Waals surface area contributed by atoms with Gasteiger partial charge in [0.05, 0.1) is 23.1 Å². The van der Waals surface area contributed by atoms with Crippen LogP contribution in [-0.2, 0) is 42.4 Å². The number of nitrogens with one attached hydrogen (secondary N) is 2. The maximum Gasteiger partial charge on any atom is 0.519 e. The number of amides is 3. The van der Waals surface area contributed by atoms with Gasteiger partial charge in [-0.3, -0.25) is 39.5 Å². The van der Waals surface area contributed by atoms with Crippen LogP contribution in [0.4, 0.5) is 21.0 Å². The third-order valence-electron chi connectivity index (χ3n) is 13.9. The molecule has 0 aliphatic carbocycles. The van der Waals surface area contributed by atoms with Crippen LogP contribution in [0.25, 0.3) is 0 Å². The molecule has 94 heavy (non-hydrogen) atoms. The molecule has 0 saturated heterocycles. The van der Waals surface area contributed by atoms with Crippen LogP contribution < -0.4 is 33.7 Å². The average Bonchev–Trinajstić information content (AvgIpc) is 1.07. The van der Waals surface area contributed by atoms with Crippen molar-refractivity contribution in [2.75, 3.05) is 46.8 Å². The molecule has 0 spiro atoms. The number of non-ortho nitro benzene ring substituents is 2. The second-order valence-corrected chi connectivity index (χ2v) is 37.5. The van der Waals surface area contributed by atoms with Crippen molar-refractivity contribution in [2.45, 2.75) is 141 Å². The number of aliphatic hydroxyl groups excluding tert-OH is 1. The zero-order valence-corrected chi connectivity index (χ0v) is 62.6. The molecular formula is C66H93BrClN5O17S2Si2. The summed E-state index contributed by atoms with van der Waals surface area (Å²) in [5.41, 5.74) is 2.26. The SMILES string of the molecule is CC(C)(C)[Si](C)(C)Oc1ccc(CBr)cc1.CCCCNCCSSC(C)(C)CC(=O)NCN1C(=O)C=CC1=O.CO.COCc1ccc(OC(=O)Oc2ccc([N+](=O)[O-])cc2)cc1.COCc1ccc(O[Si](C)(C)C(C)(C)C)cc1.O=C(Cl)Oc1ccc([N+](=O)[O-])cc1. The number of carbonyl (C=O) groups is 5. The first-order chi connectivity index (χ1) is 44.0. The molecule has 0 aromatic heterocycles. The molecule has 0 fully saturated rings. The van der Waals surface area contributed by atoms with Gasteiger partial charge in [-0.2, -0.15) is 0 Å². The summed E-state index contributed by atoms with van der Waals surface area (Å²) in [5, 5.41) is 35.1. The van der Waals surface area contributed by atoms with Crippen LogP contribution in [0.2, 0.25) is 36.3 Å². The molecule has 1 heterocycles. The van der Waals surface area contributed by atoms with E-state index in [0.29, 0.717) is 25.4 Å². The maximum atomic E-state index is 12.0. The molecule has 3 N–H and O–H groups in total. The number of carbonyl (C=O) groups excluding carboxylic acids is 5. The van der Waals surface area contributed by atoms with Crippen molar-refractivity contribution < 1.29 is 71.5 Å². The van der Waals surface area contributed by atoms with E-state index >= 15 is 0 Å². The summed E-state index contributed by atoms with van der Waals surface area (Å²) < 4.78 is 36.6. The molecular weight excluding hydrogens is 1370 g/mol. The third-order valence-corrected chi connectivity index (χ3v) is 26.6. The normalized spacial score (nSPS) is 11.8. The molecule has 22 nitrogen and oxygen atoms in total. The molecule has 28 heteroatoms. The van der Waals surface area contributed by atoms with E-state index in [1.807, 2.05) is 26.0 Å². The second-order valence-electron chi connectivity index (χ2n) is 24.1. The van der Waals surface area contributed by atoms with Crippen LogP contribution in [0, 0.1) is 20.2 Å². The number of rotatable bonds is 26. The summed E-state index contributed by atoms with van der Waals surface area (Å²) in [6.07, 6.45) is 4.22. The lowest BCUT2D eigenvalue weighted by molar-refractivity contribution is -0.385. The van der Waals surface area contributed by atoms with Crippen LogP contribution >= 0.6 is 49.1 Å². The number of methoxy groups -OCH3 is 2. The van der Waals surface area contributed by atoms with Gasteiger partial charge in [-0.25, -0.2) is 9.59 Å². The topological polar surface area (TPSA) is 284 Å². The summed E-state index contributed by atoms with van der Waals surface area (Å²) in [6, 6.07) is 33.4. The number of nitrogens with zero attached hydrogens (tertiary/aromatic N) is 3. The minimum Gasteiger partial charge on any atom is -0.544 e. The highest BCUT2D eigenvalue weighted by Gasteiger charge is 2.40. The van der Waals surface area contributed by atoms with Gasteiger partial charge < -0.3 is 48.3 Å². The molecule has 6 rings (SSSR count). The predicted molar refractivity (Wildman–Crippen MR) is 382 cm³/mol. The van der Waals surface area contributed by atoms with Crippen molar-refractivity contribution in [3.05, 3.63) is 170 Å². The van der Waals surface area contributed by atoms with Crippen molar-refractivity contribution in [3.63, 3.8) is 0 Å². The lowest BCUT2D eigenvalue weighted by Crippen LogP contribution is -2.43. The molecule has 0 unspecified atom stereocenters. The predicted octanol–water partition coefficient (Wildman–Crippen LogP) is 16.4. The highest BCUT2D eigenvalue weighted by molar-refractivity contribution is 9.08. The van der Waals surface area contributed by atoms with Gasteiger partial charge in [-0.05, 0) is 140 Å². The van der Waals surface area contributed by atoms with E-state index in [9.17, 15) is 44.2 Å². The zero-order chi connectivity index (χ0) is 71.3. The quantitative estimate of drug-likeness (QED) is 0.00443. The number of aliphatic hydroxyl groups is 1. The van der Waals surface area contributed by atoms with Crippen LogP contribution in [0.5, 0.6) is 28.7 Å². The average molecular weight is 1460 g/mol. The number of nitro groups is 2. The molecule has 0 radical (unpaired) electrons. The van der Waals surface area contributed by atoms with E-state index < -0.39 is 38.1 Å². The Labute approximate surface area is 577 Å². The second kappa shape index (κ2) is 43.4. The Morgan fingerprint density at radius 2 is 0.979 bits per heavy atom. The summed E-state index contributed by atoms with van der Waals surface area (Å²) in [7, 11) is 4.34. The van der Waals surface area contributed by atoms with Crippen molar-refractivity contribution >= 4 is 106 Å². The largest absolute Gasteiger partial charge is 0.544 e.